The van der Waals surface area contributed by atoms with Gasteiger partial charge in [0.25, 0.3) is 5.91 Å². The fraction of sp³-hybridized carbons (Fsp3) is 0.429. The summed E-state index contributed by atoms with van der Waals surface area (Å²) in [6, 6.07) is 23.3. The van der Waals surface area contributed by atoms with Gasteiger partial charge < -0.3 is 25.0 Å². The molecule has 3 atom stereocenters. The first kappa shape index (κ1) is 35.3. The van der Waals surface area contributed by atoms with E-state index >= 15 is 0 Å². The lowest BCUT2D eigenvalue weighted by molar-refractivity contribution is -0.139. The molecule has 0 bridgehead atoms. The minimum atomic E-state index is -1.02. The van der Waals surface area contributed by atoms with Crippen molar-refractivity contribution in [2.45, 2.75) is 58.0 Å². The molecule has 0 radical (unpaired) electrons. The second-order valence-corrected chi connectivity index (χ2v) is 11.8. The highest BCUT2D eigenvalue weighted by Crippen LogP contribution is 2.30. The zero-order chi connectivity index (χ0) is 31.9. The van der Waals surface area contributed by atoms with Crippen molar-refractivity contribution in [3.8, 4) is 11.1 Å². The van der Waals surface area contributed by atoms with E-state index in [1.165, 1.54) is 0 Å². The van der Waals surface area contributed by atoms with Crippen LogP contribution in [0.5, 0.6) is 0 Å². The number of aliphatic carboxylic acids is 1. The third kappa shape index (κ3) is 10.5. The highest BCUT2D eigenvalue weighted by Gasteiger charge is 2.33. The van der Waals surface area contributed by atoms with Crippen LogP contribution >= 0.6 is 11.8 Å². The number of rotatable bonds is 14. The molecule has 1 aliphatic heterocycles. The van der Waals surface area contributed by atoms with Gasteiger partial charge in [-0.05, 0) is 78.6 Å². The number of nitrogens with one attached hydrogen (secondary N) is 1. The molecule has 3 N–H and O–H groups in total. The minimum absolute atomic E-state index is 0.102. The van der Waals surface area contributed by atoms with Crippen LogP contribution in [0.4, 0.5) is 0 Å². The van der Waals surface area contributed by atoms with Crippen LogP contribution < -0.4 is 5.32 Å². The molecule has 3 unspecified atom stereocenters. The van der Waals surface area contributed by atoms with Crippen LogP contribution in [-0.4, -0.2) is 84.1 Å². The summed E-state index contributed by atoms with van der Waals surface area (Å²) in [6.07, 6.45) is 3.28. The van der Waals surface area contributed by atoms with Crippen LogP contribution in [0.1, 0.15) is 46.8 Å². The maximum absolute atomic E-state index is 13.4. The quantitative estimate of drug-likeness (QED) is 0.219. The molecule has 238 valence electrons. The highest BCUT2D eigenvalue weighted by molar-refractivity contribution is 7.98. The Kier molecular flexibility index (Phi) is 14.9. The Morgan fingerprint density at radius 1 is 1.05 bits per heavy atom. The van der Waals surface area contributed by atoms with E-state index in [1.54, 1.807) is 25.8 Å². The van der Waals surface area contributed by atoms with Crippen molar-refractivity contribution < 1.29 is 29.3 Å². The number of likely N-dealkylation sites (tertiary alicyclic amines) is 1. The molecule has 1 aliphatic rings. The van der Waals surface area contributed by atoms with Crippen molar-refractivity contribution >= 4 is 23.6 Å². The Morgan fingerprint density at radius 2 is 1.75 bits per heavy atom. The fourth-order valence-electron chi connectivity index (χ4n) is 5.36. The van der Waals surface area contributed by atoms with Gasteiger partial charge in [-0.15, -0.1) is 0 Å². The number of hydrogen-bond acceptors (Lipinski definition) is 7. The number of carboxylic acid groups (broad SMARTS) is 1. The number of aliphatic hydroxyl groups excluding tert-OH is 1. The summed E-state index contributed by atoms with van der Waals surface area (Å²) in [5.74, 6) is -0.755. The number of amides is 1. The van der Waals surface area contributed by atoms with Gasteiger partial charge in [-0.1, -0.05) is 60.7 Å². The Hall–Kier alpha value is -3.21. The number of benzene rings is 3. The van der Waals surface area contributed by atoms with Crippen molar-refractivity contribution in [2.75, 3.05) is 38.9 Å². The molecule has 44 heavy (non-hydrogen) atoms. The van der Waals surface area contributed by atoms with Crippen LogP contribution in [0.3, 0.4) is 0 Å². The van der Waals surface area contributed by atoms with E-state index in [-0.39, 0.29) is 24.7 Å². The number of aryl methyl sites for hydroxylation is 1. The standard InChI is InChI=1S/C33H40N2O5S.C2H6O/c1-23-9-7-8-12-28(23)30-17-25(13-14-29(30)32(36)34-31(33(37)38)15-16-41-3)19-35-20-27(18-26(35)22-39-2)40-21-24-10-5-4-6-11-24;1-2-3/h4-14,17,26-27,31H,15-16,18-22H2,1-3H3,(H,34,36)(H,37,38);3H,2H2,1H3. The Balaban J connectivity index is 0.00000169. The van der Waals surface area contributed by atoms with Crippen LogP contribution in [0.25, 0.3) is 11.1 Å². The van der Waals surface area contributed by atoms with E-state index in [0.29, 0.717) is 37.5 Å². The highest BCUT2D eigenvalue weighted by atomic mass is 32.2. The lowest BCUT2D eigenvalue weighted by Crippen LogP contribution is -2.41. The molecule has 0 aliphatic carbocycles. The number of ether oxygens (including phenoxy) is 2. The molecule has 1 heterocycles. The molecule has 8 nitrogen and oxygen atoms in total. The number of carboxylic acids is 1. The van der Waals surface area contributed by atoms with Gasteiger partial charge >= 0.3 is 5.97 Å². The summed E-state index contributed by atoms with van der Waals surface area (Å²) in [6.45, 7) is 6.62. The minimum Gasteiger partial charge on any atom is -0.480 e. The average Bonchev–Trinajstić information content (AvgIpc) is 3.40. The molecular weight excluding hydrogens is 576 g/mol. The first-order chi connectivity index (χ1) is 21.3. The summed E-state index contributed by atoms with van der Waals surface area (Å²) in [4.78, 5) is 27.6. The number of methoxy groups -OCH3 is 1. The van der Waals surface area contributed by atoms with Crippen molar-refractivity contribution in [3.05, 3.63) is 95.1 Å². The summed E-state index contributed by atoms with van der Waals surface area (Å²) in [7, 11) is 1.73. The van der Waals surface area contributed by atoms with E-state index in [1.807, 2.05) is 67.8 Å². The molecule has 3 aromatic rings. The molecule has 0 saturated carbocycles. The zero-order valence-corrected chi connectivity index (χ0v) is 27.0. The van der Waals surface area contributed by atoms with Crippen LogP contribution in [0, 0.1) is 6.92 Å². The van der Waals surface area contributed by atoms with E-state index in [0.717, 1.165) is 40.8 Å². The third-order valence-electron chi connectivity index (χ3n) is 7.54. The summed E-state index contributed by atoms with van der Waals surface area (Å²) < 4.78 is 11.8. The number of thioether (sulfide) groups is 1. The molecule has 9 heteroatoms. The fourth-order valence-corrected chi connectivity index (χ4v) is 5.83. The van der Waals surface area contributed by atoms with Crippen molar-refractivity contribution in [2.24, 2.45) is 0 Å². The third-order valence-corrected chi connectivity index (χ3v) is 8.18. The number of nitrogens with zero attached hydrogens (tertiary/aromatic N) is 1. The van der Waals surface area contributed by atoms with Crippen molar-refractivity contribution in [1.82, 2.24) is 10.2 Å². The van der Waals surface area contributed by atoms with Gasteiger partial charge in [0.05, 0.1) is 19.3 Å². The second kappa shape index (κ2) is 18.6. The van der Waals surface area contributed by atoms with Crippen molar-refractivity contribution in [3.63, 3.8) is 0 Å². The SMILES string of the molecule is CCO.COCC1CC(OCc2ccccc2)CN1Cc1ccc(C(=O)NC(CCSC)C(=O)O)c(-c2ccccc2C)c1. The van der Waals surface area contributed by atoms with Gasteiger partial charge in [-0.3, -0.25) is 9.69 Å². The van der Waals surface area contributed by atoms with Crippen molar-refractivity contribution in [1.29, 1.82) is 0 Å². The van der Waals surface area contributed by atoms with E-state index in [2.05, 4.69) is 28.4 Å². The molecule has 1 amide bonds. The Morgan fingerprint density at radius 3 is 2.41 bits per heavy atom. The topological polar surface area (TPSA) is 108 Å². The number of hydrogen-bond donors (Lipinski definition) is 3. The van der Waals surface area contributed by atoms with Crippen LogP contribution in [0.15, 0.2) is 72.8 Å². The van der Waals surface area contributed by atoms with Gasteiger partial charge in [0, 0.05) is 38.4 Å². The van der Waals surface area contributed by atoms with Crippen LogP contribution in [0.2, 0.25) is 0 Å². The predicted molar refractivity (Wildman–Crippen MR) is 177 cm³/mol. The Bertz CT molecular complexity index is 1320. The van der Waals surface area contributed by atoms with Gasteiger partial charge in [-0.25, -0.2) is 4.79 Å². The maximum Gasteiger partial charge on any atom is 0.326 e. The molecule has 4 rings (SSSR count). The summed E-state index contributed by atoms with van der Waals surface area (Å²) in [5.41, 5.74) is 5.49. The van der Waals surface area contributed by atoms with Gasteiger partial charge in [0.2, 0.25) is 0 Å². The molecule has 0 aromatic heterocycles. The zero-order valence-electron chi connectivity index (χ0n) is 26.2. The smallest absolute Gasteiger partial charge is 0.326 e. The molecule has 0 spiro atoms. The normalized spacial score (nSPS) is 17.0. The van der Waals surface area contributed by atoms with Gasteiger partial charge in [0.1, 0.15) is 6.04 Å². The largest absolute Gasteiger partial charge is 0.480 e. The molecule has 3 aromatic carbocycles. The van der Waals surface area contributed by atoms with E-state index in [4.69, 9.17) is 14.6 Å². The molecule has 1 fully saturated rings. The summed E-state index contributed by atoms with van der Waals surface area (Å²) >= 11 is 1.56. The number of carbonyl (C=O) groups is 2. The second-order valence-electron chi connectivity index (χ2n) is 10.8. The lowest BCUT2D eigenvalue weighted by Gasteiger charge is -2.24. The van der Waals surface area contributed by atoms with E-state index in [9.17, 15) is 14.7 Å². The number of aliphatic hydroxyl groups is 1. The van der Waals surface area contributed by atoms with E-state index < -0.39 is 12.0 Å². The monoisotopic (exact) mass is 622 g/mol. The first-order valence-corrected chi connectivity index (χ1v) is 16.4. The molecule has 1 saturated heterocycles. The predicted octanol–water partition coefficient (Wildman–Crippen LogP) is 5.40. The number of carbonyl (C=O) groups excluding carboxylic acids is 1. The summed E-state index contributed by atoms with van der Waals surface area (Å²) in [5, 5.41) is 20.0. The lowest BCUT2D eigenvalue weighted by atomic mass is 9.93. The Labute approximate surface area is 265 Å². The molecular formula is C35H46N2O6S. The van der Waals surface area contributed by atoms with Crippen LogP contribution in [-0.2, 0) is 27.4 Å². The average molecular weight is 623 g/mol. The maximum atomic E-state index is 13.4. The van der Waals surface area contributed by atoms with Gasteiger partial charge in [0.15, 0.2) is 0 Å². The first-order valence-electron chi connectivity index (χ1n) is 15.0. The van der Waals surface area contributed by atoms with Gasteiger partial charge in [-0.2, -0.15) is 11.8 Å².